The summed E-state index contributed by atoms with van der Waals surface area (Å²) in [6.07, 6.45) is 4.50. The molecule has 0 spiro atoms. The van der Waals surface area contributed by atoms with Gasteiger partial charge in [0.05, 0.1) is 0 Å². The molecule has 0 aromatic heterocycles. The maximum atomic E-state index is 11.7. The molecule has 0 saturated carbocycles. The normalized spacial score (nSPS) is 11.3. The van der Waals surface area contributed by atoms with Gasteiger partial charge in [-0.2, -0.15) is 0 Å². The summed E-state index contributed by atoms with van der Waals surface area (Å²) in [6.45, 7) is 5.03. The largest absolute Gasteiger partial charge is 0.353 e. The molecule has 104 valence electrons. The zero-order valence-electron chi connectivity index (χ0n) is 12.1. The number of nitrogens with one attached hydrogen (secondary N) is 1. The molecule has 0 fully saturated rings. The van der Waals surface area contributed by atoms with Crippen LogP contribution in [0.1, 0.15) is 25.8 Å². The first-order chi connectivity index (χ1) is 9.66. The molecule has 0 bridgehead atoms. The number of benzene rings is 2. The summed E-state index contributed by atoms with van der Waals surface area (Å²) in [7, 11) is 0. The van der Waals surface area contributed by atoms with Gasteiger partial charge in [0.2, 0.25) is 5.91 Å². The molecule has 2 heteroatoms. The van der Waals surface area contributed by atoms with E-state index in [0.29, 0.717) is 5.92 Å². The predicted molar refractivity (Wildman–Crippen MR) is 85.4 cm³/mol. The summed E-state index contributed by atoms with van der Waals surface area (Å²) in [5.74, 6) is 0.580. The lowest BCUT2D eigenvalue weighted by Crippen LogP contribution is -2.23. The molecule has 2 aromatic rings. The fraction of sp³-hybridized carbons (Fsp3) is 0.278. The van der Waals surface area contributed by atoms with Crippen LogP contribution in [0.25, 0.3) is 16.8 Å². The van der Waals surface area contributed by atoms with E-state index in [4.69, 9.17) is 0 Å². The van der Waals surface area contributed by atoms with Crippen LogP contribution >= 0.6 is 0 Å². The highest BCUT2D eigenvalue weighted by atomic mass is 16.1. The van der Waals surface area contributed by atoms with Gasteiger partial charge in [0.1, 0.15) is 0 Å². The van der Waals surface area contributed by atoms with E-state index in [0.717, 1.165) is 18.5 Å². The van der Waals surface area contributed by atoms with Gasteiger partial charge in [0.25, 0.3) is 0 Å². The Morgan fingerprint density at radius 3 is 2.70 bits per heavy atom. The van der Waals surface area contributed by atoms with E-state index in [9.17, 15) is 4.79 Å². The van der Waals surface area contributed by atoms with Crippen LogP contribution in [0.2, 0.25) is 0 Å². The zero-order chi connectivity index (χ0) is 14.4. The van der Waals surface area contributed by atoms with Crippen molar-refractivity contribution in [2.45, 2.75) is 20.3 Å². The van der Waals surface area contributed by atoms with Gasteiger partial charge in [-0.25, -0.2) is 0 Å². The molecule has 0 unspecified atom stereocenters. The highest BCUT2D eigenvalue weighted by molar-refractivity contribution is 5.96. The molecule has 0 heterocycles. The van der Waals surface area contributed by atoms with Crippen LogP contribution in [0.15, 0.2) is 48.5 Å². The number of fused-ring (bicyclic) bond motifs is 1. The minimum absolute atomic E-state index is 0.0291. The molecule has 2 aromatic carbocycles. The number of rotatable bonds is 5. The summed E-state index contributed by atoms with van der Waals surface area (Å²) in [5, 5.41) is 5.26. The number of carbonyl (C=O) groups is 1. The second kappa shape index (κ2) is 6.90. The molecule has 0 aliphatic carbocycles. The second-order valence-corrected chi connectivity index (χ2v) is 5.38. The van der Waals surface area contributed by atoms with E-state index in [2.05, 4.69) is 37.4 Å². The van der Waals surface area contributed by atoms with Crippen LogP contribution < -0.4 is 5.32 Å². The van der Waals surface area contributed by atoms with Crippen LogP contribution in [0, 0.1) is 5.92 Å². The molecular formula is C18H21NO. The van der Waals surface area contributed by atoms with Gasteiger partial charge >= 0.3 is 0 Å². The Labute approximate surface area is 120 Å². The van der Waals surface area contributed by atoms with Crippen molar-refractivity contribution in [1.82, 2.24) is 5.32 Å². The molecule has 2 nitrogen and oxygen atoms in total. The van der Waals surface area contributed by atoms with Crippen molar-refractivity contribution < 1.29 is 4.79 Å². The molecule has 20 heavy (non-hydrogen) atoms. The third-order valence-electron chi connectivity index (χ3n) is 3.26. The van der Waals surface area contributed by atoms with Crippen LogP contribution in [-0.2, 0) is 4.79 Å². The lowest BCUT2D eigenvalue weighted by Gasteiger charge is -2.05. The molecule has 0 saturated heterocycles. The topological polar surface area (TPSA) is 29.1 Å². The number of carbonyl (C=O) groups excluding carboxylic acids is 1. The minimum Gasteiger partial charge on any atom is -0.353 e. The molecule has 2 rings (SSSR count). The lowest BCUT2D eigenvalue weighted by atomic mass is 10.0. The molecule has 0 aliphatic rings. The Morgan fingerprint density at radius 2 is 1.90 bits per heavy atom. The number of hydrogen-bond acceptors (Lipinski definition) is 1. The first-order valence-corrected chi connectivity index (χ1v) is 7.10. The fourth-order valence-electron chi connectivity index (χ4n) is 2.10. The van der Waals surface area contributed by atoms with E-state index >= 15 is 0 Å². The lowest BCUT2D eigenvalue weighted by molar-refractivity contribution is -0.116. The van der Waals surface area contributed by atoms with E-state index in [1.54, 1.807) is 6.08 Å². The predicted octanol–water partition coefficient (Wildman–Crippen LogP) is 4.02. The van der Waals surface area contributed by atoms with Gasteiger partial charge in [0.15, 0.2) is 0 Å². The molecule has 1 amide bonds. The summed E-state index contributed by atoms with van der Waals surface area (Å²) in [4.78, 5) is 11.7. The minimum atomic E-state index is -0.0291. The van der Waals surface area contributed by atoms with Crippen molar-refractivity contribution in [1.29, 1.82) is 0 Å². The Balaban J connectivity index is 2.04. The average Bonchev–Trinajstić information content (AvgIpc) is 2.44. The standard InChI is InChI=1S/C18H21NO/c1-14(2)12-13-19-18(20)11-10-16-8-5-7-15-6-3-4-9-17(15)16/h3-11,14H,12-13H2,1-2H3,(H,19,20)/b11-10+. The van der Waals surface area contributed by atoms with Crippen molar-refractivity contribution in [2.75, 3.05) is 6.54 Å². The zero-order valence-corrected chi connectivity index (χ0v) is 12.1. The fourth-order valence-corrected chi connectivity index (χ4v) is 2.10. The van der Waals surface area contributed by atoms with Crippen molar-refractivity contribution in [3.05, 3.63) is 54.1 Å². The van der Waals surface area contributed by atoms with Crippen molar-refractivity contribution in [3.8, 4) is 0 Å². The summed E-state index contributed by atoms with van der Waals surface area (Å²) >= 11 is 0. The molecule has 1 N–H and O–H groups in total. The van der Waals surface area contributed by atoms with E-state index < -0.39 is 0 Å². The van der Waals surface area contributed by atoms with Crippen LogP contribution in [0.3, 0.4) is 0 Å². The van der Waals surface area contributed by atoms with Crippen molar-refractivity contribution >= 4 is 22.8 Å². The van der Waals surface area contributed by atoms with E-state index in [1.807, 2.05) is 30.3 Å². The quantitative estimate of drug-likeness (QED) is 0.815. The third-order valence-corrected chi connectivity index (χ3v) is 3.26. The smallest absolute Gasteiger partial charge is 0.243 e. The third kappa shape index (κ3) is 3.95. The van der Waals surface area contributed by atoms with Gasteiger partial charge in [-0.3, -0.25) is 4.79 Å². The highest BCUT2D eigenvalue weighted by Crippen LogP contribution is 2.19. The van der Waals surface area contributed by atoms with Crippen molar-refractivity contribution in [3.63, 3.8) is 0 Å². The van der Waals surface area contributed by atoms with E-state index in [-0.39, 0.29) is 5.91 Å². The van der Waals surface area contributed by atoms with Gasteiger partial charge in [-0.05, 0) is 34.8 Å². The van der Waals surface area contributed by atoms with Crippen molar-refractivity contribution in [2.24, 2.45) is 5.92 Å². The van der Waals surface area contributed by atoms with Gasteiger partial charge < -0.3 is 5.32 Å². The Morgan fingerprint density at radius 1 is 1.15 bits per heavy atom. The van der Waals surface area contributed by atoms with Gasteiger partial charge in [-0.1, -0.05) is 56.3 Å². The Bertz CT molecular complexity index is 608. The molecule has 0 atom stereocenters. The molecular weight excluding hydrogens is 246 g/mol. The van der Waals surface area contributed by atoms with Gasteiger partial charge in [-0.15, -0.1) is 0 Å². The Hall–Kier alpha value is -2.09. The average molecular weight is 267 g/mol. The Kier molecular flexibility index (Phi) is 4.94. The van der Waals surface area contributed by atoms with Crippen LogP contribution in [0.4, 0.5) is 0 Å². The summed E-state index contributed by atoms with van der Waals surface area (Å²) in [6, 6.07) is 14.3. The number of amides is 1. The highest BCUT2D eigenvalue weighted by Gasteiger charge is 1.99. The maximum absolute atomic E-state index is 11.7. The van der Waals surface area contributed by atoms with Crippen LogP contribution in [0.5, 0.6) is 0 Å². The van der Waals surface area contributed by atoms with E-state index in [1.165, 1.54) is 10.8 Å². The van der Waals surface area contributed by atoms with Gasteiger partial charge in [0, 0.05) is 12.6 Å². The monoisotopic (exact) mass is 267 g/mol. The maximum Gasteiger partial charge on any atom is 0.243 e. The SMILES string of the molecule is CC(C)CCNC(=O)/C=C/c1cccc2ccccc12. The van der Waals surface area contributed by atoms with Crippen LogP contribution in [-0.4, -0.2) is 12.5 Å². The first kappa shape index (κ1) is 14.3. The second-order valence-electron chi connectivity index (χ2n) is 5.38. The first-order valence-electron chi connectivity index (χ1n) is 7.10. The molecule has 0 aliphatic heterocycles. The summed E-state index contributed by atoms with van der Waals surface area (Å²) in [5.41, 5.74) is 1.07. The number of hydrogen-bond donors (Lipinski definition) is 1. The summed E-state index contributed by atoms with van der Waals surface area (Å²) < 4.78 is 0. The molecule has 0 radical (unpaired) electrons.